The van der Waals surface area contributed by atoms with Gasteiger partial charge in [0.1, 0.15) is 0 Å². The highest BCUT2D eigenvalue weighted by Crippen LogP contribution is 2.22. The van der Waals surface area contributed by atoms with Crippen LogP contribution in [0.1, 0.15) is 25.1 Å². The number of hydrazine groups is 1. The molecule has 0 aromatic carbocycles. The van der Waals surface area contributed by atoms with Gasteiger partial charge >= 0.3 is 0 Å². The van der Waals surface area contributed by atoms with E-state index in [4.69, 9.17) is 5.84 Å². The van der Waals surface area contributed by atoms with Gasteiger partial charge in [0.15, 0.2) is 0 Å². The SMILES string of the molecule is CC(C)CC(Cc1cc(Br)cs1)NN. The van der Waals surface area contributed by atoms with E-state index in [1.165, 1.54) is 4.88 Å². The van der Waals surface area contributed by atoms with E-state index < -0.39 is 0 Å². The summed E-state index contributed by atoms with van der Waals surface area (Å²) in [7, 11) is 0. The van der Waals surface area contributed by atoms with Crippen LogP contribution in [0.15, 0.2) is 15.9 Å². The topological polar surface area (TPSA) is 38.0 Å². The van der Waals surface area contributed by atoms with Crippen molar-refractivity contribution in [2.45, 2.75) is 32.7 Å². The van der Waals surface area contributed by atoms with Gasteiger partial charge in [-0.1, -0.05) is 13.8 Å². The zero-order valence-corrected chi connectivity index (χ0v) is 11.0. The normalized spacial score (nSPS) is 13.5. The Morgan fingerprint density at radius 1 is 1.57 bits per heavy atom. The Kier molecular flexibility index (Phi) is 5.09. The van der Waals surface area contributed by atoms with Gasteiger partial charge in [0.25, 0.3) is 0 Å². The first-order valence-corrected chi connectivity index (χ1v) is 6.48. The maximum atomic E-state index is 5.52. The van der Waals surface area contributed by atoms with Crippen molar-refractivity contribution < 1.29 is 0 Å². The quantitative estimate of drug-likeness (QED) is 0.641. The molecule has 0 saturated heterocycles. The van der Waals surface area contributed by atoms with Crippen LogP contribution in [-0.4, -0.2) is 6.04 Å². The molecule has 0 radical (unpaired) electrons. The number of halogens is 1. The molecule has 2 nitrogen and oxygen atoms in total. The molecule has 1 aromatic heterocycles. The molecule has 0 amide bonds. The molecule has 80 valence electrons. The summed E-state index contributed by atoms with van der Waals surface area (Å²) in [6.07, 6.45) is 2.14. The van der Waals surface area contributed by atoms with Gasteiger partial charge in [0.05, 0.1) is 0 Å². The summed E-state index contributed by atoms with van der Waals surface area (Å²) in [6, 6.07) is 2.55. The van der Waals surface area contributed by atoms with Crippen LogP contribution >= 0.6 is 27.3 Å². The Morgan fingerprint density at radius 3 is 2.71 bits per heavy atom. The molecule has 0 bridgehead atoms. The van der Waals surface area contributed by atoms with Crippen molar-refractivity contribution in [3.63, 3.8) is 0 Å². The zero-order valence-electron chi connectivity index (χ0n) is 8.59. The van der Waals surface area contributed by atoms with Crippen LogP contribution in [0.2, 0.25) is 0 Å². The average Bonchev–Trinajstić information content (AvgIpc) is 2.49. The van der Waals surface area contributed by atoms with Crippen molar-refractivity contribution >= 4 is 27.3 Å². The molecule has 0 aliphatic carbocycles. The molecule has 0 saturated carbocycles. The molecule has 3 N–H and O–H groups in total. The number of hydrogen-bond donors (Lipinski definition) is 2. The zero-order chi connectivity index (χ0) is 10.6. The van der Waals surface area contributed by atoms with Gasteiger partial charge in [0.2, 0.25) is 0 Å². The Morgan fingerprint density at radius 2 is 2.29 bits per heavy atom. The first-order valence-electron chi connectivity index (χ1n) is 4.81. The minimum Gasteiger partial charge on any atom is -0.271 e. The van der Waals surface area contributed by atoms with Crippen molar-refractivity contribution in [1.82, 2.24) is 5.43 Å². The number of nitrogens with one attached hydrogen (secondary N) is 1. The molecule has 0 aliphatic rings. The van der Waals surface area contributed by atoms with Gasteiger partial charge in [-0.15, -0.1) is 11.3 Å². The Hall–Kier alpha value is 0.1000. The van der Waals surface area contributed by atoms with Crippen LogP contribution in [0.4, 0.5) is 0 Å². The van der Waals surface area contributed by atoms with E-state index in [1.807, 2.05) is 0 Å². The van der Waals surface area contributed by atoms with E-state index in [1.54, 1.807) is 11.3 Å². The van der Waals surface area contributed by atoms with E-state index in [0.717, 1.165) is 17.3 Å². The molecule has 1 rings (SSSR count). The summed E-state index contributed by atoms with van der Waals surface area (Å²) >= 11 is 5.23. The van der Waals surface area contributed by atoms with E-state index >= 15 is 0 Å². The van der Waals surface area contributed by atoms with Gasteiger partial charge < -0.3 is 0 Å². The van der Waals surface area contributed by atoms with Crippen LogP contribution in [0.25, 0.3) is 0 Å². The summed E-state index contributed by atoms with van der Waals surface area (Å²) in [4.78, 5) is 1.38. The predicted octanol–water partition coefficient (Wildman–Crippen LogP) is 2.93. The third-order valence-electron chi connectivity index (χ3n) is 2.06. The number of nitrogens with two attached hydrogens (primary N) is 1. The lowest BCUT2D eigenvalue weighted by Crippen LogP contribution is -2.37. The predicted molar refractivity (Wildman–Crippen MR) is 66.3 cm³/mol. The summed E-state index contributed by atoms with van der Waals surface area (Å²) in [5.41, 5.74) is 2.88. The third-order valence-corrected chi connectivity index (χ3v) is 3.78. The Bertz CT molecular complexity index is 273. The van der Waals surface area contributed by atoms with Crippen LogP contribution in [0.3, 0.4) is 0 Å². The summed E-state index contributed by atoms with van der Waals surface area (Å²) in [6.45, 7) is 4.43. The van der Waals surface area contributed by atoms with Crippen LogP contribution < -0.4 is 11.3 Å². The summed E-state index contributed by atoms with van der Waals surface area (Å²) in [5.74, 6) is 6.20. The second-order valence-electron chi connectivity index (χ2n) is 3.93. The number of thiophene rings is 1. The highest BCUT2D eigenvalue weighted by molar-refractivity contribution is 9.10. The lowest BCUT2D eigenvalue weighted by atomic mass is 10.0. The van der Waals surface area contributed by atoms with Crippen molar-refractivity contribution in [3.8, 4) is 0 Å². The molecule has 14 heavy (non-hydrogen) atoms. The van der Waals surface area contributed by atoms with Crippen molar-refractivity contribution in [3.05, 3.63) is 20.8 Å². The molecular formula is C10H17BrN2S. The maximum absolute atomic E-state index is 5.52. The first kappa shape index (κ1) is 12.2. The smallest absolute Gasteiger partial charge is 0.0285 e. The molecule has 1 heterocycles. The van der Waals surface area contributed by atoms with Gasteiger partial charge in [0, 0.05) is 20.8 Å². The van der Waals surface area contributed by atoms with Gasteiger partial charge in [-0.3, -0.25) is 11.3 Å². The third kappa shape index (κ3) is 4.09. The average molecular weight is 277 g/mol. The van der Waals surface area contributed by atoms with Crippen molar-refractivity contribution in [2.75, 3.05) is 0 Å². The minimum absolute atomic E-state index is 0.389. The summed E-state index contributed by atoms with van der Waals surface area (Å²) in [5, 5.41) is 2.11. The van der Waals surface area contributed by atoms with E-state index in [9.17, 15) is 0 Å². The number of rotatable bonds is 5. The Balaban J connectivity index is 2.48. The standard InChI is InChI=1S/C10H17BrN2S/c1-7(2)3-9(13-12)5-10-4-8(11)6-14-10/h4,6-7,9,13H,3,5,12H2,1-2H3. The van der Waals surface area contributed by atoms with Gasteiger partial charge in [-0.25, -0.2) is 0 Å². The first-order chi connectivity index (χ1) is 6.61. The molecule has 1 aromatic rings. The minimum atomic E-state index is 0.389. The number of hydrogen-bond acceptors (Lipinski definition) is 3. The largest absolute Gasteiger partial charge is 0.271 e. The molecule has 1 atom stereocenters. The Labute approximate surface area is 98.0 Å². The van der Waals surface area contributed by atoms with Crippen LogP contribution in [0.5, 0.6) is 0 Å². The van der Waals surface area contributed by atoms with E-state index in [-0.39, 0.29) is 0 Å². The highest BCUT2D eigenvalue weighted by Gasteiger charge is 2.10. The van der Waals surface area contributed by atoms with Crippen molar-refractivity contribution in [1.29, 1.82) is 0 Å². The van der Waals surface area contributed by atoms with E-state index in [2.05, 4.69) is 46.6 Å². The molecule has 0 aliphatic heterocycles. The van der Waals surface area contributed by atoms with Gasteiger partial charge in [-0.2, -0.15) is 0 Å². The van der Waals surface area contributed by atoms with E-state index in [0.29, 0.717) is 12.0 Å². The second kappa shape index (κ2) is 5.85. The fourth-order valence-corrected chi connectivity index (χ4v) is 3.02. The lowest BCUT2D eigenvalue weighted by molar-refractivity contribution is 0.425. The molecule has 0 fully saturated rings. The highest BCUT2D eigenvalue weighted by atomic mass is 79.9. The molecular weight excluding hydrogens is 260 g/mol. The molecule has 1 unspecified atom stereocenters. The van der Waals surface area contributed by atoms with Crippen molar-refractivity contribution in [2.24, 2.45) is 11.8 Å². The fourth-order valence-electron chi connectivity index (χ4n) is 1.48. The molecule has 0 spiro atoms. The summed E-state index contributed by atoms with van der Waals surface area (Å²) < 4.78 is 1.16. The van der Waals surface area contributed by atoms with Crippen LogP contribution in [-0.2, 0) is 6.42 Å². The monoisotopic (exact) mass is 276 g/mol. The molecule has 4 heteroatoms. The maximum Gasteiger partial charge on any atom is 0.0285 e. The van der Waals surface area contributed by atoms with Crippen LogP contribution in [0, 0.1) is 5.92 Å². The fraction of sp³-hybridized carbons (Fsp3) is 0.600. The second-order valence-corrected chi connectivity index (χ2v) is 5.84. The van der Waals surface area contributed by atoms with Gasteiger partial charge in [-0.05, 0) is 40.8 Å². The lowest BCUT2D eigenvalue weighted by Gasteiger charge is -2.16.